The molecule has 0 spiro atoms. The number of carbonyl (C=O) groups is 3. The summed E-state index contributed by atoms with van der Waals surface area (Å²) >= 11 is 0. The van der Waals surface area contributed by atoms with E-state index in [0.717, 1.165) is 0 Å². The lowest BCUT2D eigenvalue weighted by molar-refractivity contribution is -0.160. The minimum Gasteiger partial charge on any atom is -0.469 e. The predicted octanol–water partition coefficient (Wildman–Crippen LogP) is 0.604. The molecule has 1 fully saturated rings. The first kappa shape index (κ1) is 18.0. The van der Waals surface area contributed by atoms with Crippen LogP contribution in [-0.2, 0) is 26.1 Å². The normalized spacial score (nSPS) is 20.6. The lowest BCUT2D eigenvalue weighted by Crippen LogP contribution is -2.55. The van der Waals surface area contributed by atoms with E-state index in [2.05, 4.69) is 5.10 Å². The Morgan fingerprint density at radius 2 is 1.75 bits per heavy atom. The Balaban J connectivity index is 2.43. The number of hydrogen-bond donors (Lipinski definition) is 0. The second-order valence-electron chi connectivity index (χ2n) is 5.91. The molecule has 1 saturated heterocycles. The highest BCUT2D eigenvalue weighted by Crippen LogP contribution is 2.28. The third-order valence-electron chi connectivity index (χ3n) is 4.56. The first-order valence-electron chi connectivity index (χ1n) is 7.80. The van der Waals surface area contributed by atoms with Gasteiger partial charge in [-0.1, -0.05) is 0 Å². The zero-order chi connectivity index (χ0) is 18.0. The fourth-order valence-corrected chi connectivity index (χ4v) is 3.26. The fraction of sp³-hybridized carbons (Fsp3) is 0.625. The van der Waals surface area contributed by atoms with E-state index in [4.69, 9.17) is 9.47 Å². The Bertz CT molecular complexity index is 667. The molecule has 132 valence electrons. The Labute approximate surface area is 140 Å². The zero-order valence-corrected chi connectivity index (χ0v) is 14.7. The van der Waals surface area contributed by atoms with Gasteiger partial charge in [0, 0.05) is 19.3 Å². The van der Waals surface area contributed by atoms with E-state index in [9.17, 15) is 14.4 Å². The molecule has 2 atom stereocenters. The van der Waals surface area contributed by atoms with Gasteiger partial charge in [-0.15, -0.1) is 0 Å². The number of nitrogens with zero attached hydrogens (tertiary/aromatic N) is 3. The van der Waals surface area contributed by atoms with Crippen LogP contribution in [0.3, 0.4) is 0 Å². The molecule has 2 unspecified atom stereocenters. The van der Waals surface area contributed by atoms with Gasteiger partial charge < -0.3 is 14.4 Å². The fourth-order valence-electron chi connectivity index (χ4n) is 3.26. The Kier molecular flexibility index (Phi) is 5.26. The van der Waals surface area contributed by atoms with Crippen molar-refractivity contribution in [2.45, 2.75) is 32.7 Å². The molecule has 0 N–H and O–H groups in total. The van der Waals surface area contributed by atoms with Gasteiger partial charge >= 0.3 is 11.9 Å². The molecule has 1 aliphatic rings. The van der Waals surface area contributed by atoms with Gasteiger partial charge in [-0.05, 0) is 26.7 Å². The maximum Gasteiger partial charge on any atom is 0.329 e. The van der Waals surface area contributed by atoms with Gasteiger partial charge in [-0.25, -0.2) is 4.79 Å². The van der Waals surface area contributed by atoms with Crippen LogP contribution in [0.2, 0.25) is 0 Å². The quantitative estimate of drug-likeness (QED) is 0.750. The van der Waals surface area contributed by atoms with E-state index in [-0.39, 0.29) is 5.91 Å². The Morgan fingerprint density at radius 3 is 2.25 bits per heavy atom. The summed E-state index contributed by atoms with van der Waals surface area (Å²) in [6, 6.07) is -0.984. The maximum atomic E-state index is 13.1. The summed E-state index contributed by atoms with van der Waals surface area (Å²) in [5, 5.41) is 4.25. The molecule has 1 aromatic rings. The number of carbonyl (C=O) groups excluding carboxylic acids is 3. The van der Waals surface area contributed by atoms with Gasteiger partial charge in [-0.2, -0.15) is 5.10 Å². The number of amides is 1. The highest BCUT2D eigenvalue weighted by Gasteiger charge is 2.45. The number of methoxy groups -OCH3 is 2. The van der Waals surface area contributed by atoms with Crippen molar-refractivity contribution in [2.75, 3.05) is 20.8 Å². The van der Waals surface area contributed by atoms with Gasteiger partial charge in [0.1, 0.15) is 6.04 Å². The van der Waals surface area contributed by atoms with E-state index in [1.54, 1.807) is 25.6 Å². The van der Waals surface area contributed by atoms with Crippen molar-refractivity contribution in [3.05, 3.63) is 17.0 Å². The van der Waals surface area contributed by atoms with Crippen LogP contribution in [0.5, 0.6) is 0 Å². The lowest BCUT2D eigenvalue weighted by Gasteiger charge is -2.38. The highest BCUT2D eigenvalue weighted by atomic mass is 16.5. The summed E-state index contributed by atoms with van der Waals surface area (Å²) in [7, 11) is 4.27. The number of aryl methyl sites for hydroxylation is 2. The summed E-state index contributed by atoms with van der Waals surface area (Å²) in [4.78, 5) is 38.8. The third-order valence-corrected chi connectivity index (χ3v) is 4.56. The third kappa shape index (κ3) is 3.00. The van der Waals surface area contributed by atoms with Gasteiger partial charge in [0.2, 0.25) is 0 Å². The van der Waals surface area contributed by atoms with Crippen LogP contribution in [0.1, 0.15) is 34.6 Å². The van der Waals surface area contributed by atoms with Crippen LogP contribution < -0.4 is 0 Å². The average molecular weight is 337 g/mol. The monoisotopic (exact) mass is 337 g/mol. The standard InChI is InChI=1S/C16H23N3O5/c1-9-12(10(2)18(3)17-9)14(20)19-8-6-7-11(15(21)23-4)13(19)16(22)24-5/h11,13H,6-8H2,1-5H3. The SMILES string of the molecule is COC(=O)C1CCCN(C(=O)c2c(C)nn(C)c2C)C1C(=O)OC. The zero-order valence-electron chi connectivity index (χ0n) is 14.7. The molecule has 1 amide bonds. The van der Waals surface area contributed by atoms with Gasteiger partial charge in [-0.3, -0.25) is 14.3 Å². The molecule has 2 rings (SSSR count). The van der Waals surface area contributed by atoms with Crippen LogP contribution in [0.4, 0.5) is 0 Å². The van der Waals surface area contributed by atoms with Crippen molar-refractivity contribution in [2.24, 2.45) is 13.0 Å². The Morgan fingerprint density at radius 1 is 1.12 bits per heavy atom. The minimum atomic E-state index is -0.984. The van der Waals surface area contributed by atoms with E-state index in [1.807, 2.05) is 0 Å². The number of likely N-dealkylation sites (tertiary alicyclic amines) is 1. The summed E-state index contributed by atoms with van der Waals surface area (Å²) in [5.74, 6) is -2.17. The van der Waals surface area contributed by atoms with Crippen LogP contribution >= 0.6 is 0 Å². The van der Waals surface area contributed by atoms with Gasteiger partial charge in [0.05, 0.1) is 31.4 Å². The molecule has 1 aromatic heterocycles. The number of esters is 2. The predicted molar refractivity (Wildman–Crippen MR) is 84.3 cm³/mol. The first-order chi connectivity index (χ1) is 11.3. The molecule has 0 aliphatic carbocycles. The van der Waals surface area contributed by atoms with Crippen molar-refractivity contribution in [3.63, 3.8) is 0 Å². The summed E-state index contributed by atoms with van der Waals surface area (Å²) in [6.45, 7) is 3.91. The molecule has 1 aliphatic heterocycles. The molecule has 0 saturated carbocycles. The lowest BCUT2D eigenvalue weighted by atomic mass is 9.88. The second-order valence-corrected chi connectivity index (χ2v) is 5.91. The second kappa shape index (κ2) is 7.02. The minimum absolute atomic E-state index is 0.317. The molecule has 8 heteroatoms. The van der Waals surface area contributed by atoms with Crippen LogP contribution in [0.25, 0.3) is 0 Å². The topological polar surface area (TPSA) is 90.7 Å². The van der Waals surface area contributed by atoms with Crippen molar-refractivity contribution >= 4 is 17.8 Å². The molecular formula is C16H23N3O5. The van der Waals surface area contributed by atoms with Crippen molar-refractivity contribution in [1.82, 2.24) is 14.7 Å². The number of rotatable bonds is 3. The number of aromatic nitrogens is 2. The van der Waals surface area contributed by atoms with Crippen LogP contribution in [0, 0.1) is 19.8 Å². The maximum absolute atomic E-state index is 13.1. The van der Waals surface area contributed by atoms with E-state index in [1.165, 1.54) is 19.1 Å². The van der Waals surface area contributed by atoms with E-state index in [0.29, 0.717) is 36.3 Å². The highest BCUT2D eigenvalue weighted by molar-refractivity contribution is 6.00. The average Bonchev–Trinajstić information content (AvgIpc) is 2.84. The van der Waals surface area contributed by atoms with Crippen molar-refractivity contribution in [1.29, 1.82) is 0 Å². The molecule has 24 heavy (non-hydrogen) atoms. The van der Waals surface area contributed by atoms with Crippen LogP contribution in [-0.4, -0.2) is 59.3 Å². The van der Waals surface area contributed by atoms with Gasteiger partial charge in [0.15, 0.2) is 0 Å². The molecular weight excluding hydrogens is 314 g/mol. The largest absolute Gasteiger partial charge is 0.469 e. The van der Waals surface area contributed by atoms with Crippen LogP contribution in [0.15, 0.2) is 0 Å². The summed E-state index contributed by atoms with van der Waals surface area (Å²) < 4.78 is 11.3. The van der Waals surface area contributed by atoms with Crippen molar-refractivity contribution < 1.29 is 23.9 Å². The van der Waals surface area contributed by atoms with Crippen molar-refractivity contribution in [3.8, 4) is 0 Å². The molecule has 0 bridgehead atoms. The molecule has 0 aromatic carbocycles. The molecule has 8 nitrogen and oxygen atoms in total. The first-order valence-corrected chi connectivity index (χ1v) is 7.80. The van der Waals surface area contributed by atoms with E-state index >= 15 is 0 Å². The molecule has 0 radical (unpaired) electrons. The smallest absolute Gasteiger partial charge is 0.329 e. The summed E-state index contributed by atoms with van der Waals surface area (Å²) in [6.07, 6.45) is 1.08. The van der Waals surface area contributed by atoms with E-state index < -0.39 is 23.9 Å². The number of piperidine rings is 1. The Hall–Kier alpha value is -2.38. The van der Waals surface area contributed by atoms with Gasteiger partial charge in [0.25, 0.3) is 5.91 Å². The number of hydrogen-bond acceptors (Lipinski definition) is 6. The molecule has 2 heterocycles. The summed E-state index contributed by atoms with van der Waals surface area (Å²) in [5.41, 5.74) is 1.75. The number of ether oxygens (including phenoxy) is 2.